The summed E-state index contributed by atoms with van der Waals surface area (Å²) < 4.78 is 10.8. The standard InChI is InChI=1S/C37H34N4O5S2/c1-23-33(25-12-7-5-8-13-25)40-37(48-23)41-34(42)24(2)47-30-17-11-16-28(22-30)38-36(44)31(39-35(43)26-14-9-6-10-15-26)21-27-20-29(45-3)18-19-32(27)46-4/h5-22,24H,1-4H3,(H,38,44)(H,39,43)(H,40,41,42)/b31-21+. The number of benzene rings is 4. The summed E-state index contributed by atoms with van der Waals surface area (Å²) in [6.45, 7) is 3.79. The number of amides is 3. The number of carbonyl (C=O) groups is 3. The third-order valence-electron chi connectivity index (χ3n) is 7.11. The Bertz CT molecular complexity index is 1940. The third kappa shape index (κ3) is 8.69. The van der Waals surface area contributed by atoms with Gasteiger partial charge in [-0.2, -0.15) is 0 Å². The quantitative estimate of drug-likeness (QED) is 0.0916. The van der Waals surface area contributed by atoms with E-state index in [1.807, 2.05) is 50.2 Å². The first-order chi connectivity index (χ1) is 23.2. The van der Waals surface area contributed by atoms with E-state index in [0.717, 1.165) is 21.0 Å². The van der Waals surface area contributed by atoms with E-state index in [-0.39, 0.29) is 11.6 Å². The first-order valence-electron chi connectivity index (χ1n) is 15.0. The van der Waals surface area contributed by atoms with Crippen LogP contribution < -0.4 is 25.4 Å². The van der Waals surface area contributed by atoms with Crippen LogP contribution in [0.3, 0.4) is 0 Å². The Hall–Kier alpha value is -5.39. The number of hydrogen-bond acceptors (Lipinski definition) is 8. The van der Waals surface area contributed by atoms with Crippen molar-refractivity contribution in [2.45, 2.75) is 24.0 Å². The molecule has 0 aliphatic rings. The van der Waals surface area contributed by atoms with Gasteiger partial charge in [0.2, 0.25) is 5.91 Å². The number of carbonyl (C=O) groups excluding carboxylic acids is 3. The molecule has 0 saturated heterocycles. The molecule has 1 aromatic heterocycles. The average Bonchev–Trinajstić information content (AvgIpc) is 3.47. The molecule has 11 heteroatoms. The summed E-state index contributed by atoms with van der Waals surface area (Å²) in [5.41, 5.74) is 3.24. The lowest BCUT2D eigenvalue weighted by atomic mass is 10.1. The number of aromatic nitrogens is 1. The van der Waals surface area contributed by atoms with Gasteiger partial charge in [0, 0.05) is 32.2 Å². The number of aryl methyl sites for hydroxylation is 1. The number of methoxy groups -OCH3 is 2. The molecule has 0 aliphatic carbocycles. The van der Waals surface area contributed by atoms with Crippen LogP contribution in [0.25, 0.3) is 17.3 Å². The number of nitrogens with one attached hydrogen (secondary N) is 3. The summed E-state index contributed by atoms with van der Waals surface area (Å²) in [4.78, 5) is 46.3. The van der Waals surface area contributed by atoms with E-state index in [9.17, 15) is 14.4 Å². The second-order valence-electron chi connectivity index (χ2n) is 10.5. The van der Waals surface area contributed by atoms with Crippen LogP contribution in [0.5, 0.6) is 11.5 Å². The Balaban J connectivity index is 1.31. The highest BCUT2D eigenvalue weighted by Gasteiger charge is 2.20. The molecule has 0 spiro atoms. The van der Waals surface area contributed by atoms with Gasteiger partial charge in [-0.25, -0.2) is 4.98 Å². The predicted molar refractivity (Wildman–Crippen MR) is 193 cm³/mol. The maximum atomic E-state index is 13.7. The Morgan fingerprint density at radius 1 is 0.854 bits per heavy atom. The molecule has 0 radical (unpaired) electrons. The Labute approximate surface area is 287 Å². The molecule has 0 bridgehead atoms. The van der Waals surface area contributed by atoms with Crippen molar-refractivity contribution in [1.82, 2.24) is 10.3 Å². The molecule has 1 heterocycles. The molecule has 4 aromatic carbocycles. The first-order valence-corrected chi connectivity index (χ1v) is 16.7. The number of hydrogen-bond donors (Lipinski definition) is 3. The number of nitrogens with zero attached hydrogens (tertiary/aromatic N) is 1. The maximum Gasteiger partial charge on any atom is 0.272 e. The Morgan fingerprint density at radius 2 is 1.58 bits per heavy atom. The largest absolute Gasteiger partial charge is 0.497 e. The van der Waals surface area contributed by atoms with Crippen molar-refractivity contribution in [3.8, 4) is 22.8 Å². The minimum atomic E-state index is -0.551. The van der Waals surface area contributed by atoms with Crippen molar-refractivity contribution >= 4 is 57.7 Å². The Kier molecular flexibility index (Phi) is 11.3. The lowest BCUT2D eigenvalue weighted by Gasteiger charge is -2.14. The minimum Gasteiger partial charge on any atom is -0.497 e. The molecule has 0 aliphatic heterocycles. The fourth-order valence-electron chi connectivity index (χ4n) is 4.67. The summed E-state index contributed by atoms with van der Waals surface area (Å²) in [7, 11) is 3.06. The molecule has 1 unspecified atom stereocenters. The van der Waals surface area contributed by atoms with Crippen LogP contribution in [0.4, 0.5) is 10.8 Å². The normalized spacial score (nSPS) is 11.7. The third-order valence-corrected chi connectivity index (χ3v) is 9.09. The van der Waals surface area contributed by atoms with Crippen LogP contribution in [0.1, 0.15) is 27.7 Å². The molecule has 3 N–H and O–H groups in total. The van der Waals surface area contributed by atoms with Gasteiger partial charge in [0.1, 0.15) is 17.2 Å². The van der Waals surface area contributed by atoms with Crippen LogP contribution in [0, 0.1) is 6.92 Å². The van der Waals surface area contributed by atoms with Gasteiger partial charge in [-0.15, -0.1) is 23.1 Å². The van der Waals surface area contributed by atoms with Gasteiger partial charge in [0.15, 0.2) is 5.13 Å². The highest BCUT2D eigenvalue weighted by Crippen LogP contribution is 2.32. The molecule has 9 nitrogen and oxygen atoms in total. The van der Waals surface area contributed by atoms with Crippen molar-refractivity contribution in [3.63, 3.8) is 0 Å². The zero-order valence-corrected chi connectivity index (χ0v) is 28.4. The predicted octanol–water partition coefficient (Wildman–Crippen LogP) is 7.66. The van der Waals surface area contributed by atoms with Gasteiger partial charge >= 0.3 is 0 Å². The molecular formula is C37H34N4O5S2. The summed E-state index contributed by atoms with van der Waals surface area (Å²) in [5, 5.41) is 8.64. The number of rotatable bonds is 12. The first kappa shape index (κ1) is 34.0. The summed E-state index contributed by atoms with van der Waals surface area (Å²) in [6.07, 6.45) is 1.53. The monoisotopic (exact) mass is 678 g/mol. The fourth-order valence-corrected chi connectivity index (χ4v) is 6.44. The van der Waals surface area contributed by atoms with Gasteiger partial charge < -0.3 is 25.4 Å². The second kappa shape index (κ2) is 15.9. The van der Waals surface area contributed by atoms with Gasteiger partial charge in [-0.05, 0) is 68.5 Å². The van der Waals surface area contributed by atoms with E-state index >= 15 is 0 Å². The van der Waals surface area contributed by atoms with Crippen LogP contribution >= 0.6 is 23.1 Å². The number of anilines is 2. The molecule has 1 atom stereocenters. The van der Waals surface area contributed by atoms with Crippen molar-refractivity contribution in [2.24, 2.45) is 0 Å². The van der Waals surface area contributed by atoms with Crippen molar-refractivity contribution in [2.75, 3.05) is 24.9 Å². The smallest absolute Gasteiger partial charge is 0.272 e. The van der Waals surface area contributed by atoms with Gasteiger partial charge in [-0.1, -0.05) is 54.6 Å². The average molecular weight is 679 g/mol. The molecule has 48 heavy (non-hydrogen) atoms. The minimum absolute atomic E-state index is 0.00480. The lowest BCUT2D eigenvalue weighted by Crippen LogP contribution is -2.30. The number of thioether (sulfide) groups is 1. The zero-order chi connectivity index (χ0) is 34.0. The molecule has 5 aromatic rings. The molecule has 244 valence electrons. The van der Waals surface area contributed by atoms with E-state index in [4.69, 9.17) is 9.47 Å². The molecule has 0 saturated carbocycles. The SMILES string of the molecule is COc1ccc(OC)c(/C=C(/NC(=O)c2ccccc2)C(=O)Nc2cccc(SC(C)C(=O)Nc3nc(-c4ccccc4)c(C)s3)c2)c1. The number of thiazole rings is 1. The maximum absolute atomic E-state index is 13.7. The van der Waals surface area contributed by atoms with Crippen LogP contribution in [-0.2, 0) is 9.59 Å². The van der Waals surface area contributed by atoms with Gasteiger partial charge in [-0.3, -0.25) is 14.4 Å². The van der Waals surface area contributed by atoms with E-state index in [1.54, 1.807) is 66.7 Å². The van der Waals surface area contributed by atoms with Crippen LogP contribution in [0.15, 0.2) is 114 Å². The van der Waals surface area contributed by atoms with Crippen molar-refractivity contribution in [1.29, 1.82) is 0 Å². The zero-order valence-electron chi connectivity index (χ0n) is 26.8. The lowest BCUT2D eigenvalue weighted by molar-refractivity contribution is -0.115. The van der Waals surface area contributed by atoms with Gasteiger partial charge in [0.25, 0.3) is 11.8 Å². The fraction of sp³-hybridized carbons (Fsp3) is 0.135. The highest BCUT2D eigenvalue weighted by atomic mass is 32.2. The summed E-state index contributed by atoms with van der Waals surface area (Å²) >= 11 is 2.78. The van der Waals surface area contributed by atoms with E-state index < -0.39 is 17.1 Å². The molecule has 3 amide bonds. The summed E-state index contributed by atoms with van der Waals surface area (Å²) in [6, 6.07) is 30.8. The van der Waals surface area contributed by atoms with Crippen molar-refractivity contribution in [3.05, 3.63) is 125 Å². The Morgan fingerprint density at radius 3 is 2.29 bits per heavy atom. The van der Waals surface area contributed by atoms with Gasteiger partial charge in [0.05, 0.1) is 25.2 Å². The summed E-state index contributed by atoms with van der Waals surface area (Å²) in [5.74, 6) is -0.144. The molecule has 0 fully saturated rings. The number of ether oxygens (including phenoxy) is 2. The van der Waals surface area contributed by atoms with Crippen LogP contribution in [-0.4, -0.2) is 42.2 Å². The van der Waals surface area contributed by atoms with E-state index in [1.165, 1.54) is 43.4 Å². The van der Waals surface area contributed by atoms with Crippen molar-refractivity contribution < 1.29 is 23.9 Å². The highest BCUT2D eigenvalue weighted by molar-refractivity contribution is 8.00. The molecular weight excluding hydrogens is 645 g/mol. The molecule has 5 rings (SSSR count). The van der Waals surface area contributed by atoms with E-state index in [2.05, 4.69) is 20.9 Å². The van der Waals surface area contributed by atoms with Crippen LogP contribution in [0.2, 0.25) is 0 Å². The topological polar surface area (TPSA) is 119 Å². The second-order valence-corrected chi connectivity index (χ2v) is 13.1. The van der Waals surface area contributed by atoms with E-state index in [0.29, 0.717) is 33.4 Å².